The van der Waals surface area contributed by atoms with E-state index >= 15 is 0 Å². The fraction of sp³-hybridized carbons (Fsp3) is 0.417. The van der Waals surface area contributed by atoms with Crippen LogP contribution >= 0.6 is 0 Å². The van der Waals surface area contributed by atoms with Gasteiger partial charge in [0.2, 0.25) is 0 Å². The van der Waals surface area contributed by atoms with Crippen LogP contribution in [0.4, 0.5) is 0 Å². The van der Waals surface area contributed by atoms with E-state index < -0.39 is 0 Å². The molecule has 0 spiro atoms. The Morgan fingerprint density at radius 3 is 2.80 bits per heavy atom. The van der Waals surface area contributed by atoms with Crippen LogP contribution in [0.1, 0.15) is 25.7 Å². The molecule has 3 nitrogen and oxygen atoms in total. The molecule has 0 radical (unpaired) electrons. The van der Waals surface area contributed by atoms with Gasteiger partial charge < -0.3 is 9.69 Å². The van der Waals surface area contributed by atoms with Gasteiger partial charge in [0.05, 0.1) is 5.70 Å². The molecule has 15 heavy (non-hydrogen) atoms. The number of unbranched alkanes of at least 4 members (excludes halogenated alkanes) is 3. The summed E-state index contributed by atoms with van der Waals surface area (Å²) in [5.41, 5.74) is 3.47. The Balaban J connectivity index is 2.29. The van der Waals surface area contributed by atoms with Crippen molar-refractivity contribution in [1.82, 2.24) is 4.90 Å². The lowest BCUT2D eigenvalue weighted by atomic mass is 10.2. The number of aldehydes is 1. The summed E-state index contributed by atoms with van der Waals surface area (Å²) >= 11 is 0. The summed E-state index contributed by atoms with van der Waals surface area (Å²) in [7, 11) is 0. The summed E-state index contributed by atoms with van der Waals surface area (Å²) in [6.45, 7) is 4.21. The van der Waals surface area contributed by atoms with Gasteiger partial charge in [0.25, 0.3) is 5.91 Å². The minimum Gasteiger partial charge on any atom is -0.303 e. The van der Waals surface area contributed by atoms with Crippen LogP contribution in [-0.2, 0) is 9.59 Å². The molecule has 0 saturated carbocycles. The van der Waals surface area contributed by atoms with Gasteiger partial charge in [-0.25, -0.2) is 0 Å². The molecule has 1 heterocycles. The van der Waals surface area contributed by atoms with Crippen LogP contribution in [0.25, 0.3) is 0 Å². The lowest BCUT2D eigenvalue weighted by molar-refractivity contribution is -0.123. The van der Waals surface area contributed by atoms with Gasteiger partial charge in [0, 0.05) is 19.0 Å². The third kappa shape index (κ3) is 3.22. The average molecular weight is 205 g/mol. The second kappa shape index (κ2) is 5.99. The number of allylic oxidation sites excluding steroid dienone is 1. The smallest absolute Gasteiger partial charge is 0.251 e. The number of carbonyl (C=O) groups excluding carboxylic acids is 2. The first kappa shape index (κ1) is 11.5. The fourth-order valence-corrected chi connectivity index (χ4v) is 1.51. The number of amides is 1. The minimum absolute atomic E-state index is 0.00321. The van der Waals surface area contributed by atoms with Crippen LogP contribution in [-0.4, -0.2) is 23.6 Å². The Morgan fingerprint density at radius 1 is 1.33 bits per heavy atom. The SMILES string of the molecule is C=C=C1C=CC(=O)N1CCCCCC=O. The highest BCUT2D eigenvalue weighted by Gasteiger charge is 2.18. The molecule has 80 valence electrons. The Morgan fingerprint density at radius 2 is 2.13 bits per heavy atom. The lowest BCUT2D eigenvalue weighted by Gasteiger charge is -2.15. The zero-order valence-corrected chi connectivity index (χ0v) is 8.74. The molecule has 1 aliphatic rings. The Hall–Kier alpha value is -1.60. The van der Waals surface area contributed by atoms with Crippen LogP contribution in [0.2, 0.25) is 0 Å². The monoisotopic (exact) mass is 205 g/mol. The molecule has 0 aromatic heterocycles. The lowest BCUT2D eigenvalue weighted by Crippen LogP contribution is -2.24. The zero-order chi connectivity index (χ0) is 11.1. The number of carbonyl (C=O) groups is 2. The van der Waals surface area contributed by atoms with Crippen molar-refractivity contribution in [2.24, 2.45) is 0 Å². The molecule has 0 saturated heterocycles. The van der Waals surface area contributed by atoms with Gasteiger partial charge in [-0.05, 0) is 18.9 Å². The predicted octanol–water partition coefficient (Wildman–Crippen LogP) is 1.81. The number of hydrogen-bond acceptors (Lipinski definition) is 2. The molecule has 0 bridgehead atoms. The summed E-state index contributed by atoms with van der Waals surface area (Å²) < 4.78 is 0. The summed E-state index contributed by atoms with van der Waals surface area (Å²) in [6.07, 6.45) is 7.55. The van der Waals surface area contributed by atoms with Crippen molar-refractivity contribution < 1.29 is 9.59 Å². The second-order valence-corrected chi connectivity index (χ2v) is 3.40. The maximum Gasteiger partial charge on any atom is 0.251 e. The summed E-state index contributed by atoms with van der Waals surface area (Å²) in [6, 6.07) is 0. The zero-order valence-electron chi connectivity index (χ0n) is 8.74. The molecular weight excluding hydrogens is 190 g/mol. The van der Waals surface area contributed by atoms with E-state index in [1.54, 1.807) is 11.0 Å². The molecular formula is C12H15NO2. The van der Waals surface area contributed by atoms with Gasteiger partial charge >= 0.3 is 0 Å². The van der Waals surface area contributed by atoms with E-state index in [1.165, 1.54) is 6.08 Å². The molecule has 0 aromatic carbocycles. The molecule has 0 atom stereocenters. The van der Waals surface area contributed by atoms with E-state index in [9.17, 15) is 9.59 Å². The minimum atomic E-state index is -0.00321. The normalized spacial score (nSPS) is 14.5. The Bertz CT molecular complexity index is 325. The molecule has 1 aliphatic heterocycles. The van der Waals surface area contributed by atoms with Crippen molar-refractivity contribution in [3.63, 3.8) is 0 Å². The summed E-state index contributed by atoms with van der Waals surface area (Å²) in [5, 5.41) is 0. The highest BCUT2D eigenvalue weighted by atomic mass is 16.2. The van der Waals surface area contributed by atoms with Gasteiger partial charge in [0.1, 0.15) is 6.29 Å². The molecule has 0 N–H and O–H groups in total. The highest BCUT2D eigenvalue weighted by molar-refractivity contribution is 5.93. The van der Waals surface area contributed by atoms with Crippen molar-refractivity contribution in [1.29, 1.82) is 0 Å². The van der Waals surface area contributed by atoms with Gasteiger partial charge in [0.15, 0.2) is 0 Å². The molecule has 0 fully saturated rings. The number of hydrogen-bond donors (Lipinski definition) is 0. The van der Waals surface area contributed by atoms with E-state index in [1.807, 2.05) is 0 Å². The first-order chi connectivity index (χ1) is 7.29. The van der Waals surface area contributed by atoms with Gasteiger partial charge in [-0.3, -0.25) is 4.79 Å². The van der Waals surface area contributed by atoms with Crippen LogP contribution in [0.15, 0.2) is 30.2 Å². The van der Waals surface area contributed by atoms with Crippen molar-refractivity contribution >= 4 is 12.2 Å². The predicted molar refractivity (Wildman–Crippen MR) is 58.0 cm³/mol. The number of rotatable bonds is 6. The molecule has 1 rings (SSSR count). The van der Waals surface area contributed by atoms with E-state index in [-0.39, 0.29) is 5.91 Å². The fourth-order valence-electron chi connectivity index (χ4n) is 1.51. The van der Waals surface area contributed by atoms with Crippen LogP contribution < -0.4 is 0 Å². The molecule has 0 unspecified atom stereocenters. The highest BCUT2D eigenvalue weighted by Crippen LogP contribution is 2.14. The first-order valence-corrected chi connectivity index (χ1v) is 5.13. The average Bonchev–Trinajstić information content (AvgIpc) is 2.60. The van der Waals surface area contributed by atoms with Crippen LogP contribution in [0.5, 0.6) is 0 Å². The van der Waals surface area contributed by atoms with Crippen molar-refractivity contribution in [3.05, 3.63) is 30.2 Å². The van der Waals surface area contributed by atoms with E-state index in [0.717, 1.165) is 31.2 Å². The molecule has 0 aromatic rings. The van der Waals surface area contributed by atoms with E-state index in [0.29, 0.717) is 13.0 Å². The quantitative estimate of drug-likeness (QED) is 0.377. The van der Waals surface area contributed by atoms with Gasteiger partial charge in [-0.15, -0.1) is 5.73 Å². The van der Waals surface area contributed by atoms with Crippen molar-refractivity contribution in [2.75, 3.05) is 6.54 Å². The Labute approximate surface area is 89.8 Å². The summed E-state index contributed by atoms with van der Waals surface area (Å²) in [4.78, 5) is 23.1. The van der Waals surface area contributed by atoms with Crippen molar-refractivity contribution in [2.45, 2.75) is 25.7 Å². The van der Waals surface area contributed by atoms with Crippen LogP contribution in [0.3, 0.4) is 0 Å². The molecule has 0 aliphatic carbocycles. The van der Waals surface area contributed by atoms with Gasteiger partial charge in [-0.2, -0.15) is 0 Å². The topological polar surface area (TPSA) is 37.4 Å². The second-order valence-electron chi connectivity index (χ2n) is 3.40. The maximum absolute atomic E-state index is 11.4. The number of nitrogens with zero attached hydrogens (tertiary/aromatic N) is 1. The van der Waals surface area contributed by atoms with E-state index in [2.05, 4.69) is 12.3 Å². The molecule has 3 heteroatoms. The standard InChI is InChI=1S/C12H15NO2/c1-2-11-7-8-12(15)13(11)9-5-3-4-6-10-14/h7-8,10H,1,3-6,9H2. The van der Waals surface area contributed by atoms with Crippen LogP contribution in [0, 0.1) is 0 Å². The Kier molecular flexibility index (Phi) is 4.58. The molecule has 1 amide bonds. The van der Waals surface area contributed by atoms with E-state index in [4.69, 9.17) is 0 Å². The van der Waals surface area contributed by atoms with Crippen molar-refractivity contribution in [3.8, 4) is 0 Å². The van der Waals surface area contributed by atoms with Gasteiger partial charge in [-0.1, -0.05) is 13.0 Å². The summed E-state index contributed by atoms with van der Waals surface area (Å²) in [5.74, 6) is -0.00321. The third-order valence-corrected chi connectivity index (χ3v) is 2.33. The first-order valence-electron chi connectivity index (χ1n) is 5.13. The maximum atomic E-state index is 11.4. The third-order valence-electron chi connectivity index (χ3n) is 2.33. The largest absolute Gasteiger partial charge is 0.303 e.